The Morgan fingerprint density at radius 3 is 2.48 bits per heavy atom. The lowest BCUT2D eigenvalue weighted by atomic mass is 10.1. The van der Waals surface area contributed by atoms with E-state index >= 15 is 0 Å². The molecule has 0 saturated carbocycles. The van der Waals surface area contributed by atoms with E-state index in [9.17, 15) is 9.59 Å². The lowest BCUT2D eigenvalue weighted by Gasteiger charge is -2.10. The molecule has 0 aliphatic heterocycles. The van der Waals surface area contributed by atoms with E-state index in [1.807, 2.05) is 48.5 Å². The molecule has 2 aromatic carbocycles. The predicted octanol–water partition coefficient (Wildman–Crippen LogP) is 2.73. The summed E-state index contributed by atoms with van der Waals surface area (Å²) < 4.78 is 5.22. The summed E-state index contributed by atoms with van der Waals surface area (Å²) in [4.78, 5) is 27.6. The molecule has 3 rings (SSSR count). The fourth-order valence-electron chi connectivity index (χ4n) is 2.61. The number of benzene rings is 2. The average molecular weight is 364 g/mol. The van der Waals surface area contributed by atoms with Gasteiger partial charge in [-0.1, -0.05) is 53.7 Å². The van der Waals surface area contributed by atoms with Crippen LogP contribution >= 0.6 is 0 Å². The number of anilines is 1. The topological polar surface area (TPSA) is 111 Å². The van der Waals surface area contributed by atoms with E-state index in [2.05, 4.69) is 15.5 Å². The van der Waals surface area contributed by atoms with Crippen LogP contribution in [0.5, 0.6) is 0 Å². The summed E-state index contributed by atoms with van der Waals surface area (Å²) in [5, 5.41) is 6.80. The maximum absolute atomic E-state index is 12.3. The molecule has 3 aromatic rings. The van der Waals surface area contributed by atoms with Gasteiger partial charge in [-0.2, -0.15) is 4.98 Å². The third kappa shape index (κ3) is 5.24. The van der Waals surface area contributed by atoms with Gasteiger partial charge in [0.25, 0.3) is 0 Å². The molecule has 138 valence electrons. The molecule has 1 aromatic heterocycles. The van der Waals surface area contributed by atoms with Gasteiger partial charge in [0.1, 0.15) is 0 Å². The van der Waals surface area contributed by atoms with Crippen LogP contribution in [-0.4, -0.2) is 22.0 Å². The zero-order chi connectivity index (χ0) is 19.1. The van der Waals surface area contributed by atoms with Crippen molar-refractivity contribution < 1.29 is 14.1 Å². The molecule has 0 bridgehead atoms. The summed E-state index contributed by atoms with van der Waals surface area (Å²) >= 11 is 0. The summed E-state index contributed by atoms with van der Waals surface area (Å²) in [6.45, 7) is 0. The number of hydrogen-bond acceptors (Lipinski definition) is 5. The van der Waals surface area contributed by atoms with Gasteiger partial charge in [-0.3, -0.25) is 9.59 Å². The number of amides is 2. The number of hydrogen-bond donors (Lipinski definition) is 2. The van der Waals surface area contributed by atoms with Crippen LogP contribution in [0.3, 0.4) is 0 Å². The van der Waals surface area contributed by atoms with E-state index in [4.69, 9.17) is 10.3 Å². The Balaban J connectivity index is 1.56. The molecule has 3 N–H and O–H groups in total. The molecule has 0 aliphatic carbocycles. The van der Waals surface area contributed by atoms with Crippen LogP contribution < -0.4 is 11.1 Å². The van der Waals surface area contributed by atoms with Gasteiger partial charge in [0, 0.05) is 30.5 Å². The highest BCUT2D eigenvalue weighted by Crippen LogP contribution is 2.18. The Morgan fingerprint density at radius 1 is 0.963 bits per heavy atom. The van der Waals surface area contributed by atoms with E-state index in [-0.39, 0.29) is 24.7 Å². The van der Waals surface area contributed by atoms with Crippen LogP contribution in [0.4, 0.5) is 5.69 Å². The normalized spacial score (nSPS) is 10.5. The molecule has 0 unspecified atom stereocenters. The highest BCUT2D eigenvalue weighted by Gasteiger charge is 2.12. The maximum atomic E-state index is 12.3. The average Bonchev–Trinajstić information content (AvgIpc) is 3.15. The number of primary amides is 1. The third-order valence-electron chi connectivity index (χ3n) is 4.00. The van der Waals surface area contributed by atoms with Gasteiger partial charge in [0.15, 0.2) is 0 Å². The Hall–Kier alpha value is -3.48. The van der Waals surface area contributed by atoms with Crippen LogP contribution in [0.15, 0.2) is 59.1 Å². The van der Waals surface area contributed by atoms with Crippen molar-refractivity contribution >= 4 is 17.5 Å². The fourth-order valence-corrected chi connectivity index (χ4v) is 2.61. The van der Waals surface area contributed by atoms with Crippen LogP contribution in [0.1, 0.15) is 24.3 Å². The molecule has 0 radical (unpaired) electrons. The van der Waals surface area contributed by atoms with Gasteiger partial charge in [-0.25, -0.2) is 0 Å². The Kier molecular flexibility index (Phi) is 5.94. The van der Waals surface area contributed by atoms with Gasteiger partial charge < -0.3 is 15.6 Å². The van der Waals surface area contributed by atoms with Crippen molar-refractivity contribution in [2.75, 3.05) is 5.32 Å². The van der Waals surface area contributed by atoms with Gasteiger partial charge >= 0.3 is 0 Å². The quantitative estimate of drug-likeness (QED) is 0.638. The van der Waals surface area contributed by atoms with Crippen LogP contribution in [0.25, 0.3) is 11.4 Å². The monoisotopic (exact) mass is 364 g/mol. The SMILES string of the molecule is NC(=O)CCc1ccccc1NC(=O)CCc1nc(-c2ccccc2)no1. The minimum atomic E-state index is -0.373. The first kappa shape index (κ1) is 18.3. The third-order valence-corrected chi connectivity index (χ3v) is 4.00. The number of aryl methyl sites for hydroxylation is 2. The second kappa shape index (κ2) is 8.75. The molecule has 7 nitrogen and oxygen atoms in total. The van der Waals surface area contributed by atoms with Crippen molar-refractivity contribution in [3.8, 4) is 11.4 Å². The minimum absolute atomic E-state index is 0.166. The molecule has 0 fully saturated rings. The molecule has 0 saturated heterocycles. The number of carbonyl (C=O) groups is 2. The van der Waals surface area contributed by atoms with E-state index < -0.39 is 0 Å². The molecular formula is C20H20N4O3. The van der Waals surface area contributed by atoms with Crippen molar-refractivity contribution in [3.63, 3.8) is 0 Å². The first-order chi connectivity index (χ1) is 13.1. The highest BCUT2D eigenvalue weighted by atomic mass is 16.5. The van der Waals surface area contributed by atoms with Gasteiger partial charge in [-0.15, -0.1) is 0 Å². The fraction of sp³-hybridized carbons (Fsp3) is 0.200. The van der Waals surface area contributed by atoms with E-state index in [0.29, 0.717) is 30.2 Å². The first-order valence-corrected chi connectivity index (χ1v) is 8.66. The van der Waals surface area contributed by atoms with Crippen molar-refractivity contribution in [3.05, 3.63) is 66.1 Å². The van der Waals surface area contributed by atoms with Crippen LogP contribution in [-0.2, 0) is 22.4 Å². The molecule has 2 amide bonds. The number of aromatic nitrogens is 2. The summed E-state index contributed by atoms with van der Waals surface area (Å²) in [6, 6.07) is 16.8. The largest absolute Gasteiger partial charge is 0.370 e. The first-order valence-electron chi connectivity index (χ1n) is 8.66. The molecule has 0 aliphatic rings. The molecule has 1 heterocycles. The summed E-state index contributed by atoms with van der Waals surface area (Å²) in [5.41, 5.74) is 7.61. The number of nitrogens with zero attached hydrogens (tertiary/aromatic N) is 2. The second-order valence-electron chi connectivity index (χ2n) is 6.05. The standard InChI is InChI=1S/C20H20N4O3/c21-17(25)11-10-14-6-4-5-9-16(14)22-18(26)12-13-19-23-20(24-27-19)15-7-2-1-3-8-15/h1-9H,10-13H2,(H2,21,25)(H,22,26). The smallest absolute Gasteiger partial charge is 0.227 e. The Bertz CT molecular complexity index is 922. The van der Waals surface area contributed by atoms with E-state index in [1.165, 1.54) is 0 Å². The molecular weight excluding hydrogens is 344 g/mol. The number of nitrogens with one attached hydrogen (secondary N) is 1. The van der Waals surface area contributed by atoms with E-state index in [0.717, 1.165) is 11.1 Å². The lowest BCUT2D eigenvalue weighted by Crippen LogP contribution is -2.15. The number of nitrogens with two attached hydrogens (primary N) is 1. The second-order valence-corrected chi connectivity index (χ2v) is 6.05. The molecule has 27 heavy (non-hydrogen) atoms. The minimum Gasteiger partial charge on any atom is -0.370 e. The summed E-state index contributed by atoms with van der Waals surface area (Å²) in [5.74, 6) is 0.372. The highest BCUT2D eigenvalue weighted by molar-refractivity contribution is 5.91. The van der Waals surface area contributed by atoms with Gasteiger partial charge in [0.2, 0.25) is 23.5 Å². The molecule has 7 heteroatoms. The zero-order valence-corrected chi connectivity index (χ0v) is 14.7. The van der Waals surface area contributed by atoms with E-state index in [1.54, 1.807) is 6.07 Å². The number of carbonyl (C=O) groups excluding carboxylic acids is 2. The van der Waals surface area contributed by atoms with Crippen molar-refractivity contribution in [2.45, 2.75) is 25.7 Å². The van der Waals surface area contributed by atoms with Crippen molar-refractivity contribution in [1.29, 1.82) is 0 Å². The summed E-state index contributed by atoms with van der Waals surface area (Å²) in [6.07, 6.45) is 1.27. The number of rotatable bonds is 8. The van der Waals surface area contributed by atoms with Gasteiger partial charge in [0.05, 0.1) is 0 Å². The van der Waals surface area contributed by atoms with Crippen molar-refractivity contribution in [1.82, 2.24) is 10.1 Å². The lowest BCUT2D eigenvalue weighted by molar-refractivity contribution is -0.118. The summed E-state index contributed by atoms with van der Waals surface area (Å²) in [7, 11) is 0. The molecule has 0 atom stereocenters. The number of para-hydroxylation sites is 1. The molecule has 0 spiro atoms. The van der Waals surface area contributed by atoms with Crippen LogP contribution in [0.2, 0.25) is 0 Å². The maximum Gasteiger partial charge on any atom is 0.227 e. The Labute approximate surface area is 156 Å². The van der Waals surface area contributed by atoms with Gasteiger partial charge in [-0.05, 0) is 18.1 Å². The van der Waals surface area contributed by atoms with Crippen LogP contribution in [0, 0.1) is 0 Å². The predicted molar refractivity (Wildman–Crippen MR) is 101 cm³/mol. The zero-order valence-electron chi connectivity index (χ0n) is 14.7. The van der Waals surface area contributed by atoms with Crippen molar-refractivity contribution in [2.24, 2.45) is 5.73 Å². The Morgan fingerprint density at radius 2 is 1.70 bits per heavy atom.